The summed E-state index contributed by atoms with van der Waals surface area (Å²) in [6, 6.07) is 22.1. The average Bonchev–Trinajstić information content (AvgIpc) is 3.18. The Hall–Kier alpha value is -3.44. The Morgan fingerprint density at radius 2 is 1.80 bits per heavy atom. The molecule has 0 aliphatic carbocycles. The van der Waals surface area contributed by atoms with Crippen molar-refractivity contribution in [1.82, 2.24) is 15.1 Å². The van der Waals surface area contributed by atoms with E-state index in [1.807, 2.05) is 85.4 Å². The summed E-state index contributed by atoms with van der Waals surface area (Å²) >= 11 is 0. The topological polar surface area (TPSA) is 56.1 Å². The molecule has 0 bridgehead atoms. The van der Waals surface area contributed by atoms with Gasteiger partial charge < -0.3 is 10.1 Å². The number of rotatable bonds is 6. The minimum atomic E-state index is -0.118. The molecular weight excluding hydrogens is 374 g/mol. The van der Waals surface area contributed by atoms with Gasteiger partial charge in [-0.1, -0.05) is 48.5 Å². The normalized spacial score (nSPS) is 12.1. The third-order valence-electron chi connectivity index (χ3n) is 5.23. The van der Waals surface area contributed by atoms with Crippen molar-refractivity contribution in [1.29, 1.82) is 0 Å². The maximum Gasteiger partial charge on any atom is 0.251 e. The molecule has 1 heterocycles. The van der Waals surface area contributed by atoms with E-state index in [9.17, 15) is 4.79 Å². The smallest absolute Gasteiger partial charge is 0.251 e. The molecule has 0 spiro atoms. The fourth-order valence-electron chi connectivity index (χ4n) is 3.71. The van der Waals surface area contributed by atoms with E-state index in [0.29, 0.717) is 12.2 Å². The van der Waals surface area contributed by atoms with E-state index in [0.717, 1.165) is 33.3 Å². The Morgan fingerprint density at radius 1 is 1.07 bits per heavy atom. The number of carbonyl (C=O) groups excluding carboxylic acids is 1. The van der Waals surface area contributed by atoms with Crippen LogP contribution in [0, 0.1) is 6.92 Å². The molecule has 5 heteroatoms. The van der Waals surface area contributed by atoms with Gasteiger partial charge in [-0.15, -0.1) is 0 Å². The van der Waals surface area contributed by atoms with Crippen LogP contribution in [0.25, 0.3) is 27.7 Å². The lowest BCUT2D eigenvalue weighted by Gasteiger charge is -2.18. The Kier molecular flexibility index (Phi) is 5.63. The predicted molar refractivity (Wildman–Crippen MR) is 120 cm³/mol. The number of ether oxygens (including phenoxy) is 1. The summed E-state index contributed by atoms with van der Waals surface area (Å²) in [7, 11) is 1.63. The van der Waals surface area contributed by atoms with Crippen LogP contribution in [0.2, 0.25) is 0 Å². The highest BCUT2D eigenvalue weighted by Gasteiger charge is 2.18. The van der Waals surface area contributed by atoms with Gasteiger partial charge in [0.25, 0.3) is 5.91 Å². The SMILES string of the molecule is COCC(C)NC(=O)c1cc(-c2ccccc2)cc(-n2ncc3ccccc32)c1C. The first-order valence-electron chi connectivity index (χ1n) is 10.0. The first kappa shape index (κ1) is 19.9. The van der Waals surface area contributed by atoms with E-state index in [-0.39, 0.29) is 11.9 Å². The van der Waals surface area contributed by atoms with E-state index < -0.39 is 0 Å². The lowest BCUT2D eigenvalue weighted by Crippen LogP contribution is -2.36. The molecule has 0 saturated heterocycles. The summed E-state index contributed by atoms with van der Waals surface area (Å²) in [6.07, 6.45) is 1.85. The van der Waals surface area contributed by atoms with Crippen LogP contribution in [0.5, 0.6) is 0 Å². The molecule has 30 heavy (non-hydrogen) atoms. The molecule has 1 N–H and O–H groups in total. The van der Waals surface area contributed by atoms with Crippen molar-refractivity contribution in [2.24, 2.45) is 0 Å². The van der Waals surface area contributed by atoms with Gasteiger partial charge >= 0.3 is 0 Å². The Balaban J connectivity index is 1.88. The molecule has 0 radical (unpaired) electrons. The van der Waals surface area contributed by atoms with Crippen LogP contribution in [-0.2, 0) is 4.74 Å². The second kappa shape index (κ2) is 8.51. The zero-order chi connectivity index (χ0) is 21.1. The lowest BCUT2D eigenvalue weighted by molar-refractivity contribution is 0.0905. The molecular formula is C25H25N3O2. The van der Waals surface area contributed by atoms with Crippen LogP contribution in [0.1, 0.15) is 22.8 Å². The van der Waals surface area contributed by atoms with Gasteiger partial charge in [0.2, 0.25) is 0 Å². The monoisotopic (exact) mass is 399 g/mol. The third kappa shape index (κ3) is 3.84. The number of benzene rings is 3. The van der Waals surface area contributed by atoms with Gasteiger partial charge in [0.15, 0.2) is 0 Å². The summed E-state index contributed by atoms with van der Waals surface area (Å²) in [5.41, 5.74) is 5.43. The molecule has 3 aromatic carbocycles. The zero-order valence-corrected chi connectivity index (χ0v) is 17.4. The number of fused-ring (bicyclic) bond motifs is 1. The number of hydrogen-bond donors (Lipinski definition) is 1. The van der Waals surface area contributed by atoms with Gasteiger partial charge in [-0.25, -0.2) is 4.68 Å². The van der Waals surface area contributed by atoms with E-state index in [1.54, 1.807) is 7.11 Å². The average molecular weight is 399 g/mol. The largest absolute Gasteiger partial charge is 0.383 e. The fourth-order valence-corrected chi connectivity index (χ4v) is 3.71. The molecule has 152 valence electrons. The minimum Gasteiger partial charge on any atom is -0.383 e. The van der Waals surface area contributed by atoms with Crippen molar-refractivity contribution >= 4 is 16.8 Å². The summed E-state index contributed by atoms with van der Waals surface area (Å²) in [5.74, 6) is -0.118. The number of aromatic nitrogens is 2. The number of para-hydroxylation sites is 1. The molecule has 4 aromatic rings. The summed E-state index contributed by atoms with van der Waals surface area (Å²) in [5, 5.41) is 8.71. The van der Waals surface area contributed by atoms with Crippen molar-refractivity contribution < 1.29 is 9.53 Å². The Morgan fingerprint density at radius 3 is 2.57 bits per heavy atom. The van der Waals surface area contributed by atoms with Gasteiger partial charge in [0.1, 0.15) is 0 Å². The minimum absolute atomic E-state index is 0.0868. The van der Waals surface area contributed by atoms with Gasteiger partial charge in [0, 0.05) is 24.1 Å². The van der Waals surface area contributed by atoms with Crippen LogP contribution < -0.4 is 5.32 Å². The number of nitrogens with one attached hydrogen (secondary N) is 1. The number of hydrogen-bond acceptors (Lipinski definition) is 3. The maximum absolute atomic E-state index is 13.1. The predicted octanol–water partition coefficient (Wildman–Crippen LogP) is 4.77. The number of nitrogens with zero attached hydrogens (tertiary/aromatic N) is 2. The molecule has 4 rings (SSSR count). The highest BCUT2D eigenvalue weighted by Crippen LogP contribution is 2.29. The third-order valence-corrected chi connectivity index (χ3v) is 5.23. The van der Waals surface area contributed by atoms with E-state index in [2.05, 4.69) is 16.5 Å². The summed E-state index contributed by atoms with van der Waals surface area (Å²) in [6.45, 7) is 4.36. The van der Waals surface area contributed by atoms with Crippen molar-refractivity contribution in [3.63, 3.8) is 0 Å². The molecule has 1 unspecified atom stereocenters. The zero-order valence-electron chi connectivity index (χ0n) is 17.4. The first-order valence-corrected chi connectivity index (χ1v) is 10.0. The molecule has 0 saturated carbocycles. The molecule has 1 aromatic heterocycles. The quantitative estimate of drug-likeness (QED) is 0.508. The molecule has 5 nitrogen and oxygen atoms in total. The summed E-state index contributed by atoms with van der Waals surface area (Å²) < 4.78 is 7.07. The van der Waals surface area contributed by atoms with E-state index >= 15 is 0 Å². The van der Waals surface area contributed by atoms with E-state index in [4.69, 9.17) is 4.74 Å². The Labute approximate surface area is 176 Å². The first-order chi connectivity index (χ1) is 14.6. The number of methoxy groups -OCH3 is 1. The highest BCUT2D eigenvalue weighted by atomic mass is 16.5. The molecule has 1 amide bonds. The van der Waals surface area contributed by atoms with Crippen molar-refractivity contribution in [3.8, 4) is 16.8 Å². The standard InChI is InChI=1S/C25H25N3O2/c1-17(16-30-3)27-25(29)22-13-21(19-9-5-4-6-10-19)14-24(18(22)2)28-23-12-8-7-11-20(23)15-26-28/h4-15,17H,16H2,1-3H3,(H,27,29). The van der Waals surface area contributed by atoms with Crippen LogP contribution in [0.4, 0.5) is 0 Å². The maximum atomic E-state index is 13.1. The van der Waals surface area contributed by atoms with Crippen LogP contribution >= 0.6 is 0 Å². The number of carbonyl (C=O) groups is 1. The Bertz CT molecular complexity index is 1180. The van der Waals surface area contributed by atoms with Crippen LogP contribution in [0.15, 0.2) is 72.9 Å². The van der Waals surface area contributed by atoms with Gasteiger partial charge in [-0.05, 0) is 48.7 Å². The number of amides is 1. The van der Waals surface area contributed by atoms with Crippen molar-refractivity contribution in [3.05, 3.63) is 84.1 Å². The van der Waals surface area contributed by atoms with Gasteiger partial charge in [-0.2, -0.15) is 5.10 Å². The summed E-state index contributed by atoms with van der Waals surface area (Å²) in [4.78, 5) is 13.1. The van der Waals surface area contributed by atoms with Crippen LogP contribution in [-0.4, -0.2) is 35.4 Å². The van der Waals surface area contributed by atoms with Crippen molar-refractivity contribution in [2.75, 3.05) is 13.7 Å². The van der Waals surface area contributed by atoms with Crippen LogP contribution in [0.3, 0.4) is 0 Å². The van der Waals surface area contributed by atoms with E-state index in [1.165, 1.54) is 0 Å². The second-order valence-electron chi connectivity index (χ2n) is 7.48. The molecule has 0 aliphatic rings. The van der Waals surface area contributed by atoms with Crippen molar-refractivity contribution in [2.45, 2.75) is 19.9 Å². The highest BCUT2D eigenvalue weighted by molar-refractivity contribution is 5.98. The fraction of sp³-hybridized carbons (Fsp3) is 0.200. The van der Waals surface area contributed by atoms with Gasteiger partial charge in [0.05, 0.1) is 24.0 Å². The molecule has 0 aliphatic heterocycles. The molecule has 1 atom stereocenters. The molecule has 0 fully saturated rings. The second-order valence-corrected chi connectivity index (χ2v) is 7.48. The van der Waals surface area contributed by atoms with Gasteiger partial charge in [-0.3, -0.25) is 4.79 Å². The lowest BCUT2D eigenvalue weighted by atomic mass is 9.97.